The smallest absolute Gasteiger partial charge is 0.258 e. The van der Waals surface area contributed by atoms with Crippen molar-refractivity contribution in [3.8, 4) is 10.6 Å². The van der Waals surface area contributed by atoms with Crippen LogP contribution in [0.4, 0.5) is 0 Å². The van der Waals surface area contributed by atoms with Crippen LogP contribution in [0.3, 0.4) is 0 Å². The third-order valence-corrected chi connectivity index (χ3v) is 6.21. The highest BCUT2D eigenvalue weighted by Crippen LogP contribution is 2.28. The molecule has 2 aromatic carbocycles. The fourth-order valence-electron chi connectivity index (χ4n) is 3.74. The lowest BCUT2D eigenvalue weighted by molar-refractivity contribution is 0.0782. The Hall–Kier alpha value is -4.04. The van der Waals surface area contributed by atoms with Crippen molar-refractivity contribution in [2.24, 2.45) is 0 Å². The molecule has 0 saturated heterocycles. The van der Waals surface area contributed by atoms with Crippen molar-refractivity contribution in [1.29, 1.82) is 0 Å². The number of carbonyl (C=O) groups excluding carboxylic acids is 1. The highest BCUT2D eigenvalue weighted by atomic mass is 32.1. The van der Waals surface area contributed by atoms with Crippen molar-refractivity contribution in [2.75, 3.05) is 7.05 Å². The zero-order valence-corrected chi connectivity index (χ0v) is 18.7. The van der Waals surface area contributed by atoms with Crippen molar-refractivity contribution < 1.29 is 4.79 Å². The molecule has 3 heterocycles. The van der Waals surface area contributed by atoms with Crippen molar-refractivity contribution >= 4 is 28.1 Å². The van der Waals surface area contributed by atoms with Gasteiger partial charge in [-0.25, -0.2) is 4.98 Å². The monoisotopic (exact) mass is 455 g/mol. The second-order valence-electron chi connectivity index (χ2n) is 7.74. The van der Waals surface area contributed by atoms with E-state index in [1.165, 1.54) is 11.3 Å². The van der Waals surface area contributed by atoms with Crippen LogP contribution in [0.1, 0.15) is 21.7 Å². The van der Waals surface area contributed by atoms with E-state index < -0.39 is 0 Å². The third-order valence-electron chi connectivity index (χ3n) is 5.33. The van der Waals surface area contributed by atoms with Crippen LogP contribution in [-0.4, -0.2) is 37.6 Å². The molecule has 164 valence electrons. The highest BCUT2D eigenvalue weighted by Gasteiger charge is 2.22. The summed E-state index contributed by atoms with van der Waals surface area (Å²) < 4.78 is 1.79. The lowest BCUT2D eigenvalue weighted by Crippen LogP contribution is -2.28. The average molecular weight is 456 g/mol. The van der Waals surface area contributed by atoms with E-state index in [0.717, 1.165) is 10.4 Å². The number of nitrogens with zero attached hydrogens (tertiary/aromatic N) is 4. The van der Waals surface area contributed by atoms with Crippen molar-refractivity contribution in [3.63, 3.8) is 0 Å². The van der Waals surface area contributed by atoms with E-state index in [1.54, 1.807) is 41.0 Å². The number of fused-ring (bicyclic) bond motifs is 1. The van der Waals surface area contributed by atoms with Crippen LogP contribution in [0.5, 0.6) is 0 Å². The fourth-order valence-corrected chi connectivity index (χ4v) is 4.46. The van der Waals surface area contributed by atoms with E-state index in [9.17, 15) is 9.59 Å². The first-order valence-corrected chi connectivity index (χ1v) is 11.3. The maximum absolute atomic E-state index is 13.4. The summed E-state index contributed by atoms with van der Waals surface area (Å²) in [7, 11) is 1.70. The summed E-state index contributed by atoms with van der Waals surface area (Å²) in [5.74, 6) is 0.248. The minimum absolute atomic E-state index is 0.173. The number of para-hydroxylation sites is 1. The van der Waals surface area contributed by atoms with Gasteiger partial charge in [0.15, 0.2) is 0 Å². The second kappa shape index (κ2) is 8.84. The van der Waals surface area contributed by atoms with Gasteiger partial charge in [0.2, 0.25) is 0 Å². The maximum Gasteiger partial charge on any atom is 0.258 e. The zero-order valence-electron chi connectivity index (χ0n) is 17.9. The van der Waals surface area contributed by atoms with Gasteiger partial charge in [0, 0.05) is 13.2 Å². The molecular formula is C25H21N5O2S. The molecular weight excluding hydrogens is 434 g/mol. The lowest BCUT2D eigenvalue weighted by atomic mass is 10.2. The molecule has 7 nitrogen and oxygen atoms in total. The molecule has 0 aliphatic carbocycles. The summed E-state index contributed by atoms with van der Waals surface area (Å²) in [6, 6.07) is 21.0. The molecule has 33 heavy (non-hydrogen) atoms. The Balaban J connectivity index is 1.45. The lowest BCUT2D eigenvalue weighted by Gasteiger charge is -2.16. The number of nitrogens with one attached hydrogen (secondary N) is 1. The van der Waals surface area contributed by atoms with E-state index in [-0.39, 0.29) is 18.0 Å². The van der Waals surface area contributed by atoms with E-state index in [4.69, 9.17) is 5.10 Å². The summed E-state index contributed by atoms with van der Waals surface area (Å²) in [4.78, 5) is 35.6. The number of amides is 1. The molecule has 1 N–H and O–H groups in total. The Bertz CT molecular complexity index is 1470. The number of aromatic nitrogens is 4. The first kappa shape index (κ1) is 20.8. The van der Waals surface area contributed by atoms with Gasteiger partial charge in [0.05, 0.1) is 34.4 Å². The first-order chi connectivity index (χ1) is 16.1. The Kier molecular flexibility index (Phi) is 5.58. The van der Waals surface area contributed by atoms with E-state index in [1.807, 2.05) is 53.9 Å². The Labute approximate surface area is 194 Å². The topological polar surface area (TPSA) is 83.9 Å². The van der Waals surface area contributed by atoms with Gasteiger partial charge in [-0.05, 0) is 29.1 Å². The van der Waals surface area contributed by atoms with Gasteiger partial charge in [-0.3, -0.25) is 14.3 Å². The van der Waals surface area contributed by atoms with Crippen molar-refractivity contribution in [2.45, 2.75) is 13.1 Å². The summed E-state index contributed by atoms with van der Waals surface area (Å²) in [6.45, 7) is 0.739. The molecule has 0 unspecified atom stereocenters. The number of benzene rings is 2. The van der Waals surface area contributed by atoms with Crippen LogP contribution < -0.4 is 5.56 Å². The van der Waals surface area contributed by atoms with Gasteiger partial charge in [-0.1, -0.05) is 48.5 Å². The number of H-pyrrole nitrogens is 1. The summed E-state index contributed by atoms with van der Waals surface area (Å²) >= 11 is 1.54. The zero-order chi connectivity index (χ0) is 22.8. The van der Waals surface area contributed by atoms with Crippen LogP contribution in [0.25, 0.3) is 21.5 Å². The number of rotatable bonds is 6. The normalized spacial score (nSPS) is 11.1. The summed E-state index contributed by atoms with van der Waals surface area (Å²) in [6.07, 6.45) is 1.79. The summed E-state index contributed by atoms with van der Waals surface area (Å²) in [5, 5.41) is 7.21. The maximum atomic E-state index is 13.4. The van der Waals surface area contributed by atoms with Crippen LogP contribution in [0.15, 0.2) is 83.1 Å². The van der Waals surface area contributed by atoms with Crippen LogP contribution in [0.2, 0.25) is 0 Å². The quantitative estimate of drug-likeness (QED) is 0.417. The van der Waals surface area contributed by atoms with Gasteiger partial charge in [-0.15, -0.1) is 11.3 Å². The standard InChI is InChI=1S/C25H21N5O2S/c1-29(16-22-26-20-11-6-5-10-18(20)24(31)27-22)25(32)19-15-30(14-17-8-3-2-4-9-17)28-23(19)21-12-7-13-33-21/h2-13,15H,14,16H2,1H3,(H,26,27,31). The molecule has 0 aliphatic heterocycles. The van der Waals surface area contributed by atoms with Gasteiger partial charge in [0.1, 0.15) is 11.5 Å². The number of aromatic amines is 1. The van der Waals surface area contributed by atoms with Gasteiger partial charge in [-0.2, -0.15) is 5.10 Å². The van der Waals surface area contributed by atoms with Crippen LogP contribution in [-0.2, 0) is 13.1 Å². The average Bonchev–Trinajstić information content (AvgIpc) is 3.49. The van der Waals surface area contributed by atoms with Crippen LogP contribution >= 0.6 is 11.3 Å². The number of hydrogen-bond acceptors (Lipinski definition) is 5. The fraction of sp³-hybridized carbons (Fsp3) is 0.120. The number of hydrogen-bond donors (Lipinski definition) is 1. The molecule has 3 aromatic heterocycles. The minimum Gasteiger partial charge on any atom is -0.334 e. The second-order valence-corrected chi connectivity index (χ2v) is 8.69. The molecule has 8 heteroatoms. The molecule has 0 atom stereocenters. The highest BCUT2D eigenvalue weighted by molar-refractivity contribution is 7.13. The predicted octanol–water partition coefficient (Wildman–Crippen LogP) is 4.17. The Morgan fingerprint density at radius 2 is 1.85 bits per heavy atom. The molecule has 0 radical (unpaired) electrons. The molecule has 0 bridgehead atoms. The van der Waals surface area contributed by atoms with Crippen LogP contribution in [0, 0.1) is 0 Å². The van der Waals surface area contributed by atoms with E-state index >= 15 is 0 Å². The molecule has 0 spiro atoms. The molecule has 5 aromatic rings. The van der Waals surface area contributed by atoms with E-state index in [2.05, 4.69) is 9.97 Å². The Morgan fingerprint density at radius 3 is 2.64 bits per heavy atom. The molecule has 0 aliphatic rings. The molecule has 5 rings (SSSR count). The predicted molar refractivity (Wildman–Crippen MR) is 129 cm³/mol. The SMILES string of the molecule is CN(Cc1nc2ccccc2c(=O)[nH]1)C(=O)c1cn(Cc2ccccc2)nc1-c1cccs1. The van der Waals surface area contributed by atoms with Gasteiger partial charge < -0.3 is 9.88 Å². The largest absolute Gasteiger partial charge is 0.334 e. The third kappa shape index (κ3) is 4.33. The molecule has 0 fully saturated rings. The van der Waals surface area contributed by atoms with E-state index in [0.29, 0.717) is 34.5 Å². The number of carbonyl (C=O) groups is 1. The summed E-state index contributed by atoms with van der Waals surface area (Å²) in [5.41, 5.74) is 2.65. The number of thiophene rings is 1. The Morgan fingerprint density at radius 1 is 1.06 bits per heavy atom. The van der Waals surface area contributed by atoms with Gasteiger partial charge in [0.25, 0.3) is 11.5 Å². The first-order valence-electron chi connectivity index (χ1n) is 10.5. The van der Waals surface area contributed by atoms with Gasteiger partial charge >= 0.3 is 0 Å². The molecule has 1 amide bonds. The van der Waals surface area contributed by atoms with Crippen molar-refractivity contribution in [3.05, 3.63) is 106 Å². The molecule has 0 saturated carbocycles. The van der Waals surface area contributed by atoms with Crippen molar-refractivity contribution in [1.82, 2.24) is 24.6 Å². The minimum atomic E-state index is -0.216.